The molecule has 2 aromatic rings. The Bertz CT molecular complexity index is 574. The maximum Gasteiger partial charge on any atom is 0.343 e. The molecule has 0 aliphatic carbocycles. The number of ether oxygens (including phenoxy) is 1. The first-order valence-electron chi connectivity index (χ1n) is 5.61. The molecular weight excluding hydrogens is 248 g/mol. The van der Waals surface area contributed by atoms with Crippen LogP contribution in [0.4, 0.5) is 0 Å². The molecule has 0 heterocycles. The van der Waals surface area contributed by atoms with E-state index in [2.05, 4.69) is 0 Å². The molecule has 92 valence electrons. The Morgan fingerprint density at radius 1 is 1.00 bits per heavy atom. The lowest BCUT2D eigenvalue weighted by Crippen LogP contribution is -2.08. The van der Waals surface area contributed by atoms with Gasteiger partial charge in [-0.2, -0.15) is 0 Å². The number of aryl methyl sites for hydroxylation is 2. The summed E-state index contributed by atoms with van der Waals surface area (Å²) in [5.41, 5.74) is 2.75. The molecule has 0 N–H and O–H groups in total. The van der Waals surface area contributed by atoms with E-state index in [9.17, 15) is 4.79 Å². The lowest BCUT2D eigenvalue weighted by atomic mass is 10.1. The lowest BCUT2D eigenvalue weighted by Gasteiger charge is -2.06. The van der Waals surface area contributed by atoms with Crippen molar-refractivity contribution in [2.24, 2.45) is 0 Å². The van der Waals surface area contributed by atoms with Gasteiger partial charge in [-0.15, -0.1) is 0 Å². The van der Waals surface area contributed by atoms with E-state index in [1.807, 2.05) is 26.0 Å². The first kappa shape index (κ1) is 12.7. The lowest BCUT2D eigenvalue weighted by molar-refractivity contribution is 0.0734. The molecule has 0 bridgehead atoms. The van der Waals surface area contributed by atoms with Gasteiger partial charge in [0, 0.05) is 5.02 Å². The third-order valence-electron chi connectivity index (χ3n) is 2.77. The van der Waals surface area contributed by atoms with Crippen molar-refractivity contribution >= 4 is 17.6 Å². The van der Waals surface area contributed by atoms with Crippen LogP contribution in [0.2, 0.25) is 5.02 Å². The highest BCUT2D eigenvalue weighted by Crippen LogP contribution is 2.18. The highest BCUT2D eigenvalue weighted by atomic mass is 35.5. The van der Waals surface area contributed by atoms with E-state index in [1.165, 1.54) is 5.56 Å². The number of carbonyl (C=O) groups excluding carboxylic acids is 1. The smallest absolute Gasteiger partial charge is 0.343 e. The first-order valence-corrected chi connectivity index (χ1v) is 5.99. The summed E-state index contributed by atoms with van der Waals surface area (Å²) >= 11 is 5.76. The summed E-state index contributed by atoms with van der Waals surface area (Å²) in [6.07, 6.45) is 0. The van der Waals surface area contributed by atoms with Crippen LogP contribution in [0.25, 0.3) is 0 Å². The van der Waals surface area contributed by atoms with Gasteiger partial charge in [-0.3, -0.25) is 0 Å². The van der Waals surface area contributed by atoms with Crippen LogP contribution in [0.15, 0.2) is 42.5 Å². The maximum absolute atomic E-state index is 11.9. The van der Waals surface area contributed by atoms with Crippen LogP contribution < -0.4 is 4.74 Å². The number of hydrogen-bond acceptors (Lipinski definition) is 2. The molecule has 0 spiro atoms. The van der Waals surface area contributed by atoms with Crippen molar-refractivity contribution in [3.05, 3.63) is 64.2 Å². The predicted molar refractivity (Wildman–Crippen MR) is 72.3 cm³/mol. The molecule has 2 rings (SSSR count). The number of halogens is 1. The van der Waals surface area contributed by atoms with Gasteiger partial charge in [-0.05, 0) is 61.4 Å². The minimum Gasteiger partial charge on any atom is -0.423 e. The van der Waals surface area contributed by atoms with Crippen LogP contribution >= 0.6 is 11.6 Å². The van der Waals surface area contributed by atoms with Crippen molar-refractivity contribution in [2.45, 2.75) is 13.8 Å². The van der Waals surface area contributed by atoms with Crippen LogP contribution in [0.3, 0.4) is 0 Å². The molecule has 0 saturated carbocycles. The number of carbonyl (C=O) groups is 1. The van der Waals surface area contributed by atoms with Gasteiger partial charge >= 0.3 is 5.97 Å². The average Bonchev–Trinajstić information content (AvgIpc) is 2.34. The Balaban J connectivity index is 2.16. The van der Waals surface area contributed by atoms with Gasteiger partial charge < -0.3 is 4.74 Å². The van der Waals surface area contributed by atoms with E-state index in [0.717, 1.165) is 5.56 Å². The fourth-order valence-corrected chi connectivity index (χ4v) is 1.66. The quantitative estimate of drug-likeness (QED) is 0.598. The van der Waals surface area contributed by atoms with E-state index < -0.39 is 0 Å². The van der Waals surface area contributed by atoms with Gasteiger partial charge in [0.15, 0.2) is 0 Å². The Morgan fingerprint density at radius 3 is 2.28 bits per heavy atom. The SMILES string of the molecule is Cc1ccc(OC(=O)c2ccc(Cl)cc2)cc1C. The second kappa shape index (κ2) is 5.23. The standard InChI is InChI=1S/C15H13ClO2/c1-10-3-8-14(9-11(10)2)18-15(17)12-4-6-13(16)7-5-12/h3-9H,1-2H3. The normalized spacial score (nSPS) is 10.2. The molecule has 0 radical (unpaired) electrons. The predicted octanol–water partition coefficient (Wildman–Crippen LogP) is 4.18. The fourth-order valence-electron chi connectivity index (χ4n) is 1.53. The zero-order chi connectivity index (χ0) is 13.1. The minimum absolute atomic E-state index is 0.380. The highest BCUT2D eigenvalue weighted by Gasteiger charge is 2.08. The van der Waals surface area contributed by atoms with Gasteiger partial charge in [0.2, 0.25) is 0 Å². The molecule has 0 atom stereocenters. The van der Waals surface area contributed by atoms with Gasteiger partial charge in [0.25, 0.3) is 0 Å². The number of hydrogen-bond donors (Lipinski definition) is 0. The second-order valence-electron chi connectivity index (χ2n) is 4.14. The Labute approximate surface area is 111 Å². The fraction of sp³-hybridized carbons (Fsp3) is 0.133. The largest absolute Gasteiger partial charge is 0.423 e. The van der Waals surface area contributed by atoms with Crippen LogP contribution in [0.1, 0.15) is 21.5 Å². The molecule has 0 saturated heterocycles. The summed E-state index contributed by atoms with van der Waals surface area (Å²) in [7, 11) is 0. The van der Waals surface area contributed by atoms with E-state index in [-0.39, 0.29) is 5.97 Å². The molecule has 2 nitrogen and oxygen atoms in total. The van der Waals surface area contributed by atoms with E-state index >= 15 is 0 Å². The minimum atomic E-state index is -0.380. The van der Waals surface area contributed by atoms with Crippen molar-refractivity contribution in [1.29, 1.82) is 0 Å². The zero-order valence-electron chi connectivity index (χ0n) is 10.2. The molecule has 18 heavy (non-hydrogen) atoms. The number of benzene rings is 2. The van der Waals surface area contributed by atoms with Crippen molar-refractivity contribution in [1.82, 2.24) is 0 Å². The van der Waals surface area contributed by atoms with E-state index in [0.29, 0.717) is 16.3 Å². The molecule has 0 fully saturated rings. The van der Waals surface area contributed by atoms with Gasteiger partial charge in [0.1, 0.15) is 5.75 Å². The van der Waals surface area contributed by atoms with Crippen molar-refractivity contribution in [2.75, 3.05) is 0 Å². The summed E-state index contributed by atoms with van der Waals surface area (Å²) in [5.74, 6) is 0.174. The summed E-state index contributed by atoms with van der Waals surface area (Å²) < 4.78 is 5.29. The van der Waals surface area contributed by atoms with Crippen LogP contribution in [0.5, 0.6) is 5.75 Å². The Kier molecular flexibility index (Phi) is 3.68. The van der Waals surface area contributed by atoms with Gasteiger partial charge in [-0.1, -0.05) is 17.7 Å². The molecule has 0 aliphatic heterocycles. The first-order chi connectivity index (χ1) is 8.56. The monoisotopic (exact) mass is 260 g/mol. The maximum atomic E-state index is 11.9. The molecule has 0 unspecified atom stereocenters. The van der Waals surface area contributed by atoms with Crippen LogP contribution in [0, 0.1) is 13.8 Å². The summed E-state index contributed by atoms with van der Waals surface area (Å²) in [5, 5.41) is 0.595. The topological polar surface area (TPSA) is 26.3 Å². The van der Waals surface area contributed by atoms with Crippen molar-refractivity contribution in [3.63, 3.8) is 0 Å². The summed E-state index contributed by atoms with van der Waals surface area (Å²) in [6, 6.07) is 12.2. The van der Waals surface area contributed by atoms with Gasteiger partial charge in [-0.25, -0.2) is 4.79 Å². The number of esters is 1. The molecule has 0 aromatic heterocycles. The molecule has 3 heteroatoms. The summed E-state index contributed by atoms with van der Waals surface area (Å²) in [4.78, 5) is 11.9. The molecule has 2 aromatic carbocycles. The molecule has 0 amide bonds. The molecular formula is C15H13ClO2. The van der Waals surface area contributed by atoms with E-state index in [1.54, 1.807) is 30.3 Å². The van der Waals surface area contributed by atoms with E-state index in [4.69, 9.17) is 16.3 Å². The van der Waals surface area contributed by atoms with Crippen LogP contribution in [-0.4, -0.2) is 5.97 Å². The molecule has 0 aliphatic rings. The second-order valence-corrected chi connectivity index (χ2v) is 4.58. The zero-order valence-corrected chi connectivity index (χ0v) is 11.0. The Hall–Kier alpha value is -1.80. The van der Waals surface area contributed by atoms with Crippen molar-refractivity contribution < 1.29 is 9.53 Å². The third kappa shape index (κ3) is 2.90. The number of rotatable bonds is 2. The van der Waals surface area contributed by atoms with Gasteiger partial charge in [0.05, 0.1) is 5.56 Å². The van der Waals surface area contributed by atoms with Crippen LogP contribution in [-0.2, 0) is 0 Å². The highest BCUT2D eigenvalue weighted by molar-refractivity contribution is 6.30. The van der Waals surface area contributed by atoms with Crippen molar-refractivity contribution in [3.8, 4) is 5.75 Å². The third-order valence-corrected chi connectivity index (χ3v) is 3.02. The summed E-state index contributed by atoms with van der Waals surface area (Å²) in [6.45, 7) is 4.00. The Morgan fingerprint density at radius 2 is 1.67 bits per heavy atom. The average molecular weight is 261 g/mol.